The molecule has 2 N–H and O–H groups in total. The zero-order valence-corrected chi connectivity index (χ0v) is 9.96. The first kappa shape index (κ1) is 12.9. The van der Waals surface area contributed by atoms with Gasteiger partial charge in [0.2, 0.25) is 0 Å². The van der Waals surface area contributed by atoms with Crippen LogP contribution in [0.2, 0.25) is 0 Å². The molecule has 0 saturated heterocycles. The summed E-state index contributed by atoms with van der Waals surface area (Å²) in [5, 5.41) is 2.12. The number of hydrogen-bond acceptors (Lipinski definition) is 2. The summed E-state index contributed by atoms with van der Waals surface area (Å²) in [4.78, 5) is 25.4. The van der Waals surface area contributed by atoms with Crippen LogP contribution in [0.15, 0.2) is 30.5 Å². The largest absolute Gasteiger partial charge is 0.356 e. The molecular weight excluding hydrogens is 254 g/mol. The first-order valence-corrected chi connectivity index (χ1v) is 5.43. The summed E-state index contributed by atoms with van der Waals surface area (Å²) in [7, 11) is 0. The highest BCUT2D eigenvalue weighted by molar-refractivity contribution is 6.05. The second-order valence-electron chi connectivity index (χ2n) is 3.91. The van der Waals surface area contributed by atoms with Crippen molar-refractivity contribution in [2.24, 2.45) is 0 Å². The Bertz CT molecular complexity index is 630. The van der Waals surface area contributed by atoms with Crippen molar-refractivity contribution in [2.45, 2.75) is 6.92 Å². The number of hydrogen-bond donors (Lipinski definition) is 2. The van der Waals surface area contributed by atoms with Crippen molar-refractivity contribution in [3.63, 3.8) is 0 Å². The number of anilines is 1. The Labute approximate surface area is 107 Å². The Kier molecular flexibility index (Phi) is 3.41. The van der Waals surface area contributed by atoms with Crippen LogP contribution in [-0.4, -0.2) is 16.7 Å². The van der Waals surface area contributed by atoms with Gasteiger partial charge >= 0.3 is 0 Å². The molecule has 0 atom stereocenters. The number of halogens is 2. The van der Waals surface area contributed by atoms with Gasteiger partial charge in [0.15, 0.2) is 5.78 Å². The van der Waals surface area contributed by atoms with E-state index in [0.717, 1.165) is 12.1 Å². The molecule has 0 aliphatic carbocycles. The number of aromatic amines is 1. The Morgan fingerprint density at radius 1 is 1.21 bits per heavy atom. The Hall–Kier alpha value is -2.50. The Morgan fingerprint density at radius 2 is 1.84 bits per heavy atom. The number of H-pyrrole nitrogens is 1. The van der Waals surface area contributed by atoms with Gasteiger partial charge < -0.3 is 10.3 Å². The monoisotopic (exact) mass is 264 g/mol. The van der Waals surface area contributed by atoms with Crippen molar-refractivity contribution in [3.8, 4) is 0 Å². The molecule has 0 aliphatic rings. The van der Waals surface area contributed by atoms with Gasteiger partial charge in [-0.05, 0) is 25.1 Å². The van der Waals surface area contributed by atoms with Gasteiger partial charge in [0.25, 0.3) is 5.91 Å². The first-order valence-electron chi connectivity index (χ1n) is 5.43. The van der Waals surface area contributed by atoms with E-state index in [4.69, 9.17) is 0 Å². The number of amides is 1. The van der Waals surface area contributed by atoms with Gasteiger partial charge in [0.05, 0.1) is 0 Å². The van der Waals surface area contributed by atoms with E-state index >= 15 is 0 Å². The van der Waals surface area contributed by atoms with Gasteiger partial charge in [-0.25, -0.2) is 8.78 Å². The minimum absolute atomic E-state index is 0.0489. The molecule has 0 fully saturated rings. The average molecular weight is 264 g/mol. The van der Waals surface area contributed by atoms with Crippen LogP contribution < -0.4 is 5.32 Å². The van der Waals surface area contributed by atoms with Crippen LogP contribution in [0, 0.1) is 11.6 Å². The first-order chi connectivity index (χ1) is 8.99. The minimum Gasteiger partial charge on any atom is -0.356 e. The van der Waals surface area contributed by atoms with Gasteiger partial charge in [0.1, 0.15) is 23.0 Å². The van der Waals surface area contributed by atoms with Crippen molar-refractivity contribution in [3.05, 3.63) is 53.4 Å². The molecule has 6 heteroatoms. The van der Waals surface area contributed by atoms with Crippen molar-refractivity contribution in [2.75, 3.05) is 5.32 Å². The van der Waals surface area contributed by atoms with Crippen molar-refractivity contribution in [1.82, 2.24) is 4.98 Å². The van der Waals surface area contributed by atoms with Gasteiger partial charge in [-0.1, -0.05) is 6.07 Å². The molecule has 0 bridgehead atoms. The number of benzene rings is 1. The third kappa shape index (κ3) is 2.67. The predicted molar refractivity (Wildman–Crippen MR) is 65.1 cm³/mol. The summed E-state index contributed by atoms with van der Waals surface area (Å²) in [6.45, 7) is 1.35. The maximum Gasteiger partial charge on any atom is 0.272 e. The van der Waals surface area contributed by atoms with E-state index in [9.17, 15) is 18.4 Å². The maximum atomic E-state index is 13.3. The third-order valence-corrected chi connectivity index (χ3v) is 2.54. The lowest BCUT2D eigenvalue weighted by Crippen LogP contribution is -2.14. The molecule has 98 valence electrons. The van der Waals surface area contributed by atoms with Crippen molar-refractivity contribution < 1.29 is 18.4 Å². The SMILES string of the molecule is CC(=O)c1c[nH]c(C(=O)Nc2c(F)cccc2F)c1. The lowest BCUT2D eigenvalue weighted by molar-refractivity contribution is 0.101. The molecule has 1 aromatic heterocycles. The number of aromatic nitrogens is 1. The van der Waals surface area contributed by atoms with E-state index in [1.165, 1.54) is 25.3 Å². The summed E-state index contributed by atoms with van der Waals surface area (Å²) in [5.74, 6) is -2.68. The molecule has 0 spiro atoms. The number of nitrogens with one attached hydrogen (secondary N) is 2. The van der Waals surface area contributed by atoms with Crippen LogP contribution in [0.25, 0.3) is 0 Å². The van der Waals surface area contributed by atoms with E-state index in [-0.39, 0.29) is 11.5 Å². The quantitative estimate of drug-likeness (QED) is 0.837. The highest BCUT2D eigenvalue weighted by Gasteiger charge is 2.15. The fourth-order valence-corrected chi connectivity index (χ4v) is 1.53. The van der Waals surface area contributed by atoms with Gasteiger partial charge in [-0.15, -0.1) is 0 Å². The molecule has 0 unspecified atom stereocenters. The van der Waals surface area contributed by atoms with Gasteiger partial charge in [-0.2, -0.15) is 0 Å². The predicted octanol–water partition coefficient (Wildman–Crippen LogP) is 2.75. The average Bonchev–Trinajstić information content (AvgIpc) is 2.83. The third-order valence-electron chi connectivity index (χ3n) is 2.54. The molecule has 1 heterocycles. The van der Waals surface area contributed by atoms with E-state index in [1.54, 1.807) is 0 Å². The number of Topliss-reactive ketones (excluding diaryl/α,β-unsaturated/α-hetero) is 1. The normalized spacial score (nSPS) is 10.3. The van der Waals surface area contributed by atoms with Gasteiger partial charge in [-0.3, -0.25) is 9.59 Å². The zero-order valence-electron chi connectivity index (χ0n) is 9.96. The molecule has 0 aliphatic heterocycles. The fourth-order valence-electron chi connectivity index (χ4n) is 1.53. The molecule has 2 aromatic rings. The van der Waals surface area contributed by atoms with Crippen LogP contribution in [-0.2, 0) is 0 Å². The highest BCUT2D eigenvalue weighted by Crippen LogP contribution is 2.19. The molecule has 2 rings (SSSR count). The zero-order chi connectivity index (χ0) is 14.0. The highest BCUT2D eigenvalue weighted by atomic mass is 19.1. The van der Waals surface area contributed by atoms with E-state index < -0.39 is 23.2 Å². The van der Waals surface area contributed by atoms with Crippen LogP contribution in [0.5, 0.6) is 0 Å². The summed E-state index contributed by atoms with van der Waals surface area (Å²) in [6, 6.07) is 4.59. The molecular formula is C13H10F2N2O2. The lowest BCUT2D eigenvalue weighted by Gasteiger charge is -2.05. The second-order valence-corrected chi connectivity index (χ2v) is 3.91. The number of para-hydroxylation sites is 1. The van der Waals surface area contributed by atoms with Crippen LogP contribution in [0.4, 0.5) is 14.5 Å². The topological polar surface area (TPSA) is 62.0 Å². The Morgan fingerprint density at radius 3 is 2.37 bits per heavy atom. The van der Waals surface area contributed by atoms with Crippen LogP contribution >= 0.6 is 0 Å². The fraction of sp³-hybridized carbons (Fsp3) is 0.0769. The summed E-state index contributed by atoms with van der Waals surface area (Å²) < 4.78 is 26.7. The van der Waals surface area contributed by atoms with Crippen molar-refractivity contribution >= 4 is 17.4 Å². The molecule has 0 radical (unpaired) electrons. The number of carbonyl (C=O) groups excluding carboxylic acids is 2. The number of ketones is 1. The summed E-state index contributed by atoms with van der Waals surface area (Å²) in [6.07, 6.45) is 1.36. The smallest absolute Gasteiger partial charge is 0.272 e. The van der Waals surface area contributed by atoms with E-state index in [1.807, 2.05) is 0 Å². The van der Waals surface area contributed by atoms with Crippen LogP contribution in [0.1, 0.15) is 27.8 Å². The lowest BCUT2D eigenvalue weighted by atomic mass is 10.2. The maximum absolute atomic E-state index is 13.3. The Balaban J connectivity index is 2.23. The minimum atomic E-state index is -0.869. The molecule has 19 heavy (non-hydrogen) atoms. The molecule has 0 saturated carbocycles. The van der Waals surface area contributed by atoms with E-state index in [0.29, 0.717) is 5.56 Å². The van der Waals surface area contributed by atoms with E-state index in [2.05, 4.69) is 10.3 Å². The molecule has 1 aromatic carbocycles. The number of carbonyl (C=O) groups is 2. The van der Waals surface area contributed by atoms with Gasteiger partial charge in [0, 0.05) is 11.8 Å². The number of rotatable bonds is 3. The second kappa shape index (κ2) is 5.01. The van der Waals surface area contributed by atoms with Crippen molar-refractivity contribution in [1.29, 1.82) is 0 Å². The molecule has 4 nitrogen and oxygen atoms in total. The summed E-state index contributed by atoms with van der Waals surface area (Å²) in [5.41, 5.74) is -0.154. The standard InChI is InChI=1S/C13H10F2N2O2/c1-7(18)8-5-11(16-6-8)13(19)17-12-9(14)3-2-4-10(12)15/h2-6,16H,1H3,(H,17,19). The van der Waals surface area contributed by atoms with Crippen LogP contribution in [0.3, 0.4) is 0 Å². The molecule has 1 amide bonds. The summed E-state index contributed by atoms with van der Waals surface area (Å²) >= 11 is 0.